The zero-order valence-electron chi connectivity index (χ0n) is 5.20. The Bertz CT molecular complexity index is 170. The van der Waals surface area contributed by atoms with Crippen molar-refractivity contribution in [2.24, 2.45) is 0 Å². The van der Waals surface area contributed by atoms with Crippen molar-refractivity contribution in [2.45, 2.75) is 10.8 Å². The SMILES string of the molecule is [Li][C]1(F)C=CC=C(F)C1. The van der Waals surface area contributed by atoms with Crippen LogP contribution in [-0.2, 0) is 0 Å². The Morgan fingerprint density at radius 2 is 2.33 bits per heavy atom. The first kappa shape index (κ1) is 7.05. The number of halogens is 2. The van der Waals surface area contributed by atoms with E-state index < -0.39 is 4.34 Å². The maximum absolute atomic E-state index is 12.8. The normalized spacial score (nSPS) is 34.4. The standard InChI is InChI=1S/C6H5F2.Li/c7-5-2-1-3-6(8)4-5;/h1-3H,4H2;. The van der Waals surface area contributed by atoms with Crippen molar-refractivity contribution >= 4 is 17.7 Å². The Balaban J connectivity index is 2.73. The fraction of sp³-hybridized carbons (Fsp3) is 0.333. The number of hydrogen-bond acceptors (Lipinski definition) is 0. The number of hydrogen-bond donors (Lipinski definition) is 0. The van der Waals surface area contributed by atoms with Gasteiger partial charge in [0.2, 0.25) is 0 Å². The van der Waals surface area contributed by atoms with Gasteiger partial charge in [-0.2, -0.15) is 0 Å². The van der Waals surface area contributed by atoms with E-state index in [1.807, 2.05) is 0 Å². The summed E-state index contributed by atoms with van der Waals surface area (Å²) >= 11 is 1.36. The van der Waals surface area contributed by atoms with Gasteiger partial charge in [-0.05, 0) is 0 Å². The minimum absolute atomic E-state index is 0.122. The van der Waals surface area contributed by atoms with Crippen LogP contribution in [0.2, 0.25) is 0 Å². The van der Waals surface area contributed by atoms with E-state index >= 15 is 0 Å². The van der Waals surface area contributed by atoms with Crippen LogP contribution in [0.5, 0.6) is 0 Å². The Morgan fingerprint density at radius 1 is 1.67 bits per heavy atom. The van der Waals surface area contributed by atoms with Crippen molar-refractivity contribution in [1.29, 1.82) is 0 Å². The molecule has 44 valence electrons. The van der Waals surface area contributed by atoms with Crippen molar-refractivity contribution in [3.8, 4) is 0 Å². The van der Waals surface area contributed by atoms with Gasteiger partial charge in [-0.25, -0.2) is 0 Å². The predicted molar refractivity (Wildman–Crippen MR) is 32.5 cm³/mol. The molecule has 0 amide bonds. The molecule has 0 aromatic heterocycles. The van der Waals surface area contributed by atoms with Crippen LogP contribution in [0.3, 0.4) is 0 Å². The van der Waals surface area contributed by atoms with Gasteiger partial charge in [-0.15, -0.1) is 0 Å². The van der Waals surface area contributed by atoms with Gasteiger partial charge in [-0.3, -0.25) is 0 Å². The van der Waals surface area contributed by atoms with Crippen molar-refractivity contribution in [1.82, 2.24) is 0 Å². The molecule has 3 heteroatoms. The molecule has 1 aliphatic carbocycles. The summed E-state index contributed by atoms with van der Waals surface area (Å²) in [4.78, 5) is 0. The third kappa shape index (κ3) is 1.96. The van der Waals surface area contributed by atoms with Gasteiger partial charge in [-0.1, -0.05) is 0 Å². The maximum atomic E-state index is 12.8. The summed E-state index contributed by atoms with van der Waals surface area (Å²) in [5, 5.41) is 0. The third-order valence-corrected chi connectivity index (χ3v) is 1.24. The molecule has 0 fully saturated rings. The molecule has 0 nitrogen and oxygen atoms in total. The van der Waals surface area contributed by atoms with Gasteiger partial charge < -0.3 is 0 Å². The van der Waals surface area contributed by atoms with E-state index in [2.05, 4.69) is 0 Å². The molecular weight excluding hydrogens is 117 g/mol. The number of allylic oxidation sites excluding steroid dienone is 4. The summed E-state index contributed by atoms with van der Waals surface area (Å²) in [7, 11) is 0. The minimum atomic E-state index is -1.47. The van der Waals surface area contributed by atoms with E-state index in [9.17, 15) is 8.78 Å². The van der Waals surface area contributed by atoms with Gasteiger partial charge in [0.05, 0.1) is 0 Å². The van der Waals surface area contributed by atoms with Gasteiger partial charge in [0.1, 0.15) is 0 Å². The molecule has 0 bridgehead atoms. The van der Waals surface area contributed by atoms with Crippen LogP contribution in [0.15, 0.2) is 24.1 Å². The Kier molecular flexibility index (Phi) is 1.79. The molecule has 0 N–H and O–H groups in total. The fourth-order valence-electron chi connectivity index (χ4n) is 0.801. The van der Waals surface area contributed by atoms with Gasteiger partial charge in [0.25, 0.3) is 0 Å². The molecule has 0 spiro atoms. The number of alkyl halides is 1. The first-order valence-corrected chi connectivity index (χ1v) is 2.83. The van der Waals surface area contributed by atoms with Crippen LogP contribution in [0, 0.1) is 0 Å². The molecule has 0 aromatic carbocycles. The zero-order chi connectivity index (χ0) is 6.91. The molecular formula is C6H5F2Li. The molecule has 9 heavy (non-hydrogen) atoms. The van der Waals surface area contributed by atoms with Crippen LogP contribution in [-0.4, -0.2) is 22.1 Å². The van der Waals surface area contributed by atoms with Crippen LogP contribution in [0.25, 0.3) is 0 Å². The molecule has 0 saturated heterocycles. The van der Waals surface area contributed by atoms with Gasteiger partial charge in [0, 0.05) is 0 Å². The Labute approximate surface area is 61.8 Å². The van der Waals surface area contributed by atoms with Crippen molar-refractivity contribution in [3.63, 3.8) is 0 Å². The molecule has 0 aliphatic heterocycles. The van der Waals surface area contributed by atoms with E-state index in [0.29, 0.717) is 0 Å². The molecule has 1 rings (SSSR count). The quantitative estimate of drug-likeness (QED) is 0.428. The summed E-state index contributed by atoms with van der Waals surface area (Å²) < 4.78 is 23.5. The second-order valence-corrected chi connectivity index (χ2v) is 2.43. The fourth-order valence-corrected chi connectivity index (χ4v) is 0.801. The van der Waals surface area contributed by atoms with Crippen molar-refractivity contribution in [2.75, 3.05) is 0 Å². The van der Waals surface area contributed by atoms with Gasteiger partial charge >= 0.3 is 61.3 Å². The van der Waals surface area contributed by atoms with E-state index in [-0.39, 0.29) is 12.2 Å². The van der Waals surface area contributed by atoms with E-state index in [1.54, 1.807) is 0 Å². The summed E-state index contributed by atoms with van der Waals surface area (Å²) in [6, 6.07) is 0. The van der Waals surface area contributed by atoms with E-state index in [0.717, 1.165) is 0 Å². The van der Waals surface area contributed by atoms with Crippen molar-refractivity contribution < 1.29 is 8.78 Å². The summed E-state index contributed by atoms with van der Waals surface area (Å²) in [5.74, 6) is -0.387. The Hall–Kier alpha value is -0.0626. The average molecular weight is 122 g/mol. The Morgan fingerprint density at radius 3 is 2.67 bits per heavy atom. The molecule has 1 unspecified atom stereocenters. The van der Waals surface area contributed by atoms with E-state index in [4.69, 9.17) is 0 Å². The molecule has 0 aromatic rings. The second kappa shape index (κ2) is 2.28. The summed E-state index contributed by atoms with van der Waals surface area (Å²) in [6.45, 7) is 0. The summed E-state index contributed by atoms with van der Waals surface area (Å²) in [6.07, 6.45) is 3.92. The molecule has 1 atom stereocenters. The molecule has 1 aliphatic rings. The first-order valence-electron chi connectivity index (χ1n) is 2.83. The predicted octanol–water partition coefficient (Wildman–Crippen LogP) is 1.63. The van der Waals surface area contributed by atoms with E-state index in [1.165, 1.54) is 35.9 Å². The van der Waals surface area contributed by atoms with Crippen LogP contribution in [0.1, 0.15) is 6.42 Å². The van der Waals surface area contributed by atoms with Crippen LogP contribution in [0.4, 0.5) is 8.78 Å². The van der Waals surface area contributed by atoms with Gasteiger partial charge in [0.15, 0.2) is 0 Å². The van der Waals surface area contributed by atoms with Crippen LogP contribution >= 0.6 is 0 Å². The molecule has 0 saturated carbocycles. The zero-order valence-corrected chi connectivity index (χ0v) is 5.20. The third-order valence-electron chi connectivity index (χ3n) is 1.24. The molecule has 0 heterocycles. The van der Waals surface area contributed by atoms with Crippen LogP contribution < -0.4 is 0 Å². The van der Waals surface area contributed by atoms with Crippen molar-refractivity contribution in [3.05, 3.63) is 24.1 Å². The topological polar surface area (TPSA) is 0 Å². The molecule has 0 radical (unpaired) electrons. The summed E-state index contributed by atoms with van der Waals surface area (Å²) in [5.41, 5.74) is 0. The first-order chi connectivity index (χ1) is 4.10. The average Bonchev–Trinajstić information content (AvgIpc) is 1.60. The second-order valence-electron chi connectivity index (χ2n) is 2.43. The number of rotatable bonds is 0. The monoisotopic (exact) mass is 122 g/mol.